The van der Waals surface area contributed by atoms with Crippen molar-refractivity contribution in [1.29, 1.82) is 0 Å². The molecule has 2 rings (SSSR count). The average molecular weight is 266 g/mol. The zero-order valence-electron chi connectivity index (χ0n) is 9.88. The number of anilines is 1. The lowest BCUT2D eigenvalue weighted by Crippen LogP contribution is -2.14. The molecule has 0 bridgehead atoms. The van der Waals surface area contributed by atoms with Crippen LogP contribution in [-0.2, 0) is 0 Å². The molecule has 19 heavy (non-hydrogen) atoms. The van der Waals surface area contributed by atoms with Gasteiger partial charge >= 0.3 is 0 Å². The smallest absolute Gasteiger partial charge is 0.257 e. The Morgan fingerprint density at radius 2 is 1.79 bits per heavy atom. The fraction of sp³-hybridized carbons (Fsp3) is 0.0769. The fourth-order valence-electron chi connectivity index (χ4n) is 1.49. The highest BCUT2D eigenvalue weighted by Gasteiger charge is 2.15. The second-order valence-corrected chi connectivity index (χ2v) is 3.87. The lowest BCUT2D eigenvalue weighted by Gasteiger charge is -2.06. The first kappa shape index (κ1) is 13.1. The summed E-state index contributed by atoms with van der Waals surface area (Å²) in [5.41, 5.74) is 0.356. The van der Waals surface area contributed by atoms with Crippen LogP contribution in [0.4, 0.5) is 19.0 Å². The summed E-state index contributed by atoms with van der Waals surface area (Å²) in [5.74, 6) is -4.96. The van der Waals surface area contributed by atoms with E-state index in [1.54, 1.807) is 19.1 Å². The minimum atomic E-state index is -1.61. The van der Waals surface area contributed by atoms with Crippen LogP contribution >= 0.6 is 0 Å². The van der Waals surface area contributed by atoms with Crippen LogP contribution in [0.15, 0.2) is 30.3 Å². The summed E-state index contributed by atoms with van der Waals surface area (Å²) in [5, 5.41) is 2.37. The van der Waals surface area contributed by atoms with Crippen LogP contribution in [0.1, 0.15) is 16.1 Å². The molecule has 0 saturated heterocycles. The summed E-state index contributed by atoms with van der Waals surface area (Å²) in [6.07, 6.45) is 0. The van der Waals surface area contributed by atoms with Gasteiger partial charge in [0.1, 0.15) is 5.82 Å². The predicted molar refractivity (Wildman–Crippen MR) is 63.2 cm³/mol. The standard InChI is InChI=1S/C13H9F3N2O/c1-7-3-2-4-11(17-7)18-13(19)8-5-9(14)12(16)10(15)6-8/h2-6H,1H3,(H,17,18,19). The Morgan fingerprint density at radius 3 is 2.37 bits per heavy atom. The van der Waals surface area contributed by atoms with Crippen molar-refractivity contribution >= 4 is 11.7 Å². The predicted octanol–water partition coefficient (Wildman–Crippen LogP) is 3.06. The van der Waals surface area contributed by atoms with Crippen LogP contribution in [0.3, 0.4) is 0 Å². The molecule has 0 fully saturated rings. The number of pyridine rings is 1. The van der Waals surface area contributed by atoms with Crippen molar-refractivity contribution in [2.24, 2.45) is 0 Å². The van der Waals surface area contributed by atoms with E-state index in [4.69, 9.17) is 0 Å². The number of benzene rings is 1. The first-order valence-corrected chi connectivity index (χ1v) is 5.37. The zero-order valence-corrected chi connectivity index (χ0v) is 9.88. The molecule has 0 radical (unpaired) electrons. The number of carbonyl (C=O) groups excluding carboxylic acids is 1. The van der Waals surface area contributed by atoms with Gasteiger partial charge in [-0.25, -0.2) is 18.2 Å². The average Bonchev–Trinajstić information content (AvgIpc) is 2.35. The molecule has 1 aromatic carbocycles. The molecule has 6 heteroatoms. The van der Waals surface area contributed by atoms with Gasteiger partial charge in [-0.2, -0.15) is 0 Å². The van der Waals surface area contributed by atoms with E-state index in [0.29, 0.717) is 17.8 Å². The Balaban J connectivity index is 2.25. The van der Waals surface area contributed by atoms with Gasteiger partial charge in [0.15, 0.2) is 17.5 Å². The van der Waals surface area contributed by atoms with E-state index in [-0.39, 0.29) is 11.4 Å². The zero-order chi connectivity index (χ0) is 14.0. The normalized spacial score (nSPS) is 10.3. The molecule has 0 unspecified atom stereocenters. The Labute approximate surface area is 107 Å². The molecular formula is C13H9F3N2O. The SMILES string of the molecule is Cc1cccc(NC(=O)c2cc(F)c(F)c(F)c2)n1. The van der Waals surface area contributed by atoms with Crippen molar-refractivity contribution < 1.29 is 18.0 Å². The van der Waals surface area contributed by atoms with Crippen molar-refractivity contribution in [3.63, 3.8) is 0 Å². The van der Waals surface area contributed by atoms with Gasteiger partial charge in [-0.3, -0.25) is 4.79 Å². The lowest BCUT2D eigenvalue weighted by molar-refractivity contribution is 0.102. The number of nitrogens with zero attached hydrogens (tertiary/aromatic N) is 1. The van der Waals surface area contributed by atoms with Gasteiger partial charge in [0.25, 0.3) is 5.91 Å². The number of amides is 1. The maximum absolute atomic E-state index is 13.0. The minimum Gasteiger partial charge on any atom is -0.307 e. The van der Waals surface area contributed by atoms with E-state index in [1.165, 1.54) is 6.07 Å². The molecule has 1 aromatic heterocycles. The molecule has 1 heterocycles. The molecule has 3 nitrogen and oxygen atoms in total. The summed E-state index contributed by atoms with van der Waals surface area (Å²) in [7, 11) is 0. The quantitative estimate of drug-likeness (QED) is 0.849. The summed E-state index contributed by atoms with van der Waals surface area (Å²) >= 11 is 0. The van der Waals surface area contributed by atoms with E-state index in [9.17, 15) is 18.0 Å². The Bertz CT molecular complexity index is 621. The third-order valence-electron chi connectivity index (χ3n) is 2.38. The molecule has 0 aliphatic carbocycles. The fourth-order valence-corrected chi connectivity index (χ4v) is 1.49. The highest BCUT2D eigenvalue weighted by Crippen LogP contribution is 2.15. The van der Waals surface area contributed by atoms with Gasteiger partial charge < -0.3 is 5.32 Å². The summed E-state index contributed by atoms with van der Waals surface area (Å²) in [4.78, 5) is 15.7. The minimum absolute atomic E-state index is 0.246. The van der Waals surface area contributed by atoms with Crippen LogP contribution in [0.5, 0.6) is 0 Å². The lowest BCUT2D eigenvalue weighted by atomic mass is 10.2. The van der Waals surface area contributed by atoms with Gasteiger partial charge in [-0.05, 0) is 31.2 Å². The maximum atomic E-state index is 13.0. The molecule has 0 saturated carbocycles. The number of hydrogen-bond donors (Lipinski definition) is 1. The van der Waals surface area contributed by atoms with Crippen molar-refractivity contribution in [2.45, 2.75) is 6.92 Å². The summed E-state index contributed by atoms with van der Waals surface area (Å²) in [6.45, 7) is 1.73. The molecule has 0 aliphatic rings. The molecule has 0 aliphatic heterocycles. The van der Waals surface area contributed by atoms with Crippen LogP contribution in [0.25, 0.3) is 0 Å². The van der Waals surface area contributed by atoms with E-state index in [1.807, 2.05) is 0 Å². The summed E-state index contributed by atoms with van der Waals surface area (Å²) in [6, 6.07) is 6.19. The number of aromatic nitrogens is 1. The number of aryl methyl sites for hydroxylation is 1. The van der Waals surface area contributed by atoms with Gasteiger partial charge in [-0.15, -0.1) is 0 Å². The van der Waals surface area contributed by atoms with E-state index < -0.39 is 23.4 Å². The van der Waals surface area contributed by atoms with Gasteiger partial charge in [0, 0.05) is 11.3 Å². The summed E-state index contributed by atoms with van der Waals surface area (Å²) < 4.78 is 38.7. The van der Waals surface area contributed by atoms with Crippen LogP contribution < -0.4 is 5.32 Å². The van der Waals surface area contributed by atoms with Crippen molar-refractivity contribution in [3.05, 3.63) is 59.0 Å². The van der Waals surface area contributed by atoms with E-state index in [2.05, 4.69) is 10.3 Å². The number of halogens is 3. The van der Waals surface area contributed by atoms with Crippen molar-refractivity contribution in [1.82, 2.24) is 4.98 Å². The second-order valence-electron chi connectivity index (χ2n) is 3.87. The number of nitrogens with one attached hydrogen (secondary N) is 1. The van der Waals surface area contributed by atoms with Crippen LogP contribution in [0.2, 0.25) is 0 Å². The molecule has 0 spiro atoms. The second kappa shape index (κ2) is 5.09. The van der Waals surface area contributed by atoms with Crippen LogP contribution in [-0.4, -0.2) is 10.9 Å². The van der Waals surface area contributed by atoms with Crippen molar-refractivity contribution in [2.75, 3.05) is 5.32 Å². The number of rotatable bonds is 2. The molecule has 1 N–H and O–H groups in total. The molecule has 98 valence electrons. The molecule has 2 aromatic rings. The Kier molecular flexibility index (Phi) is 3.50. The highest BCUT2D eigenvalue weighted by atomic mass is 19.2. The number of carbonyl (C=O) groups is 1. The topological polar surface area (TPSA) is 42.0 Å². The first-order valence-electron chi connectivity index (χ1n) is 5.37. The van der Waals surface area contributed by atoms with E-state index in [0.717, 1.165) is 0 Å². The Morgan fingerprint density at radius 1 is 1.16 bits per heavy atom. The monoisotopic (exact) mass is 266 g/mol. The maximum Gasteiger partial charge on any atom is 0.257 e. The first-order chi connectivity index (χ1) is 8.97. The van der Waals surface area contributed by atoms with Crippen LogP contribution in [0, 0.1) is 24.4 Å². The van der Waals surface area contributed by atoms with Gasteiger partial charge in [0.2, 0.25) is 0 Å². The number of hydrogen-bond acceptors (Lipinski definition) is 2. The van der Waals surface area contributed by atoms with Gasteiger partial charge in [-0.1, -0.05) is 6.07 Å². The highest BCUT2D eigenvalue weighted by molar-refractivity contribution is 6.03. The third-order valence-corrected chi connectivity index (χ3v) is 2.38. The molecular weight excluding hydrogens is 257 g/mol. The van der Waals surface area contributed by atoms with Crippen molar-refractivity contribution in [3.8, 4) is 0 Å². The van der Waals surface area contributed by atoms with Gasteiger partial charge in [0.05, 0.1) is 0 Å². The Hall–Kier alpha value is -2.37. The third kappa shape index (κ3) is 2.90. The molecule has 0 atom stereocenters. The van der Waals surface area contributed by atoms with E-state index >= 15 is 0 Å². The largest absolute Gasteiger partial charge is 0.307 e. The molecule has 1 amide bonds.